The van der Waals surface area contributed by atoms with Crippen molar-refractivity contribution in [3.8, 4) is 0 Å². The first-order valence-corrected chi connectivity index (χ1v) is 7.75. The zero-order valence-electron chi connectivity index (χ0n) is 13.1. The minimum absolute atomic E-state index is 0.291. The number of hydrogen-bond acceptors (Lipinski definition) is 4. The highest BCUT2D eigenvalue weighted by molar-refractivity contribution is 5.94. The van der Waals surface area contributed by atoms with E-state index in [2.05, 4.69) is 20.2 Å². The molecule has 5 nitrogen and oxygen atoms in total. The Bertz CT molecular complexity index is 713. The third-order valence-electron chi connectivity index (χ3n) is 3.80. The fourth-order valence-corrected chi connectivity index (χ4v) is 2.67. The molecule has 2 aromatic rings. The number of anilines is 1. The van der Waals surface area contributed by atoms with Gasteiger partial charge in [-0.25, -0.2) is 14.4 Å². The van der Waals surface area contributed by atoms with Gasteiger partial charge in [-0.05, 0) is 44.0 Å². The molecule has 0 radical (unpaired) electrons. The molecule has 1 saturated heterocycles. The number of halogens is 1. The summed E-state index contributed by atoms with van der Waals surface area (Å²) in [4.78, 5) is 23.2. The average Bonchev–Trinajstić information content (AvgIpc) is 3.06. The van der Waals surface area contributed by atoms with Gasteiger partial charge in [0.25, 0.3) is 5.91 Å². The summed E-state index contributed by atoms with van der Waals surface area (Å²) >= 11 is 0. The van der Waals surface area contributed by atoms with E-state index >= 15 is 0 Å². The summed E-state index contributed by atoms with van der Waals surface area (Å²) in [6.45, 7) is 4.15. The van der Waals surface area contributed by atoms with E-state index in [1.54, 1.807) is 6.07 Å². The second kappa shape index (κ2) is 6.73. The number of aromatic nitrogens is 2. The van der Waals surface area contributed by atoms with E-state index < -0.39 is 5.82 Å². The van der Waals surface area contributed by atoms with Crippen LogP contribution in [0.25, 0.3) is 0 Å². The SMILES string of the molecule is Cc1cc(CNC(=O)c2cccc(F)c2)nc(N2CCCC2)n1. The van der Waals surface area contributed by atoms with E-state index in [4.69, 9.17) is 0 Å². The molecule has 1 aliphatic heterocycles. The molecule has 0 aliphatic carbocycles. The van der Waals surface area contributed by atoms with Crippen LogP contribution in [0.15, 0.2) is 30.3 Å². The summed E-state index contributed by atoms with van der Waals surface area (Å²) in [5.74, 6) is -0.0205. The Morgan fingerprint density at radius 2 is 2.04 bits per heavy atom. The number of carbonyl (C=O) groups excluding carboxylic acids is 1. The molecule has 23 heavy (non-hydrogen) atoms. The molecule has 0 bridgehead atoms. The molecule has 1 N–H and O–H groups in total. The molecule has 120 valence electrons. The number of rotatable bonds is 4. The minimum atomic E-state index is -0.424. The molecule has 1 fully saturated rings. The third-order valence-corrected chi connectivity index (χ3v) is 3.80. The number of carbonyl (C=O) groups is 1. The molecule has 6 heteroatoms. The highest BCUT2D eigenvalue weighted by Gasteiger charge is 2.16. The van der Waals surface area contributed by atoms with Crippen molar-refractivity contribution in [2.24, 2.45) is 0 Å². The minimum Gasteiger partial charge on any atom is -0.346 e. The topological polar surface area (TPSA) is 58.1 Å². The van der Waals surface area contributed by atoms with Crippen molar-refractivity contribution in [3.05, 3.63) is 53.1 Å². The van der Waals surface area contributed by atoms with Crippen molar-refractivity contribution in [1.29, 1.82) is 0 Å². The normalized spacial score (nSPS) is 14.1. The van der Waals surface area contributed by atoms with Gasteiger partial charge in [0.15, 0.2) is 0 Å². The first-order chi connectivity index (χ1) is 11.1. The van der Waals surface area contributed by atoms with Gasteiger partial charge in [0.05, 0.1) is 12.2 Å². The van der Waals surface area contributed by atoms with Crippen LogP contribution in [0.3, 0.4) is 0 Å². The Kier molecular flexibility index (Phi) is 4.50. The predicted molar refractivity (Wildman–Crippen MR) is 85.8 cm³/mol. The largest absolute Gasteiger partial charge is 0.346 e. The standard InChI is InChI=1S/C17H19FN4O/c1-12-9-15(21-17(20-12)22-7-2-3-8-22)11-19-16(23)13-5-4-6-14(18)10-13/h4-6,9-10H,2-3,7-8,11H2,1H3,(H,19,23). The quantitative estimate of drug-likeness (QED) is 0.942. The highest BCUT2D eigenvalue weighted by atomic mass is 19.1. The van der Waals surface area contributed by atoms with E-state index in [9.17, 15) is 9.18 Å². The number of aryl methyl sites for hydroxylation is 1. The summed E-state index contributed by atoms with van der Waals surface area (Å²) in [6, 6.07) is 7.48. The lowest BCUT2D eigenvalue weighted by atomic mass is 10.2. The maximum Gasteiger partial charge on any atom is 0.251 e. The molecular weight excluding hydrogens is 295 g/mol. The summed E-state index contributed by atoms with van der Waals surface area (Å²) < 4.78 is 13.2. The van der Waals surface area contributed by atoms with Crippen molar-refractivity contribution >= 4 is 11.9 Å². The molecule has 1 amide bonds. The lowest BCUT2D eigenvalue weighted by molar-refractivity contribution is 0.0950. The van der Waals surface area contributed by atoms with E-state index in [0.29, 0.717) is 12.1 Å². The highest BCUT2D eigenvalue weighted by Crippen LogP contribution is 2.16. The van der Waals surface area contributed by atoms with E-state index in [1.165, 1.54) is 18.2 Å². The van der Waals surface area contributed by atoms with Gasteiger partial charge >= 0.3 is 0 Å². The molecule has 2 heterocycles. The lowest BCUT2D eigenvalue weighted by Crippen LogP contribution is -2.25. The van der Waals surface area contributed by atoms with E-state index in [-0.39, 0.29) is 5.91 Å². The second-order valence-electron chi connectivity index (χ2n) is 5.69. The number of benzene rings is 1. The Labute approximate surface area is 134 Å². The van der Waals surface area contributed by atoms with Gasteiger partial charge in [-0.1, -0.05) is 6.07 Å². The van der Waals surface area contributed by atoms with Crippen LogP contribution in [0.2, 0.25) is 0 Å². The molecule has 3 rings (SSSR count). The van der Waals surface area contributed by atoms with Gasteiger partial charge in [-0.2, -0.15) is 0 Å². The Balaban J connectivity index is 1.69. The van der Waals surface area contributed by atoms with Gasteiger partial charge in [-0.15, -0.1) is 0 Å². The maximum absolute atomic E-state index is 13.2. The molecule has 1 aromatic carbocycles. The van der Waals surface area contributed by atoms with Gasteiger partial charge in [0.2, 0.25) is 5.95 Å². The number of nitrogens with zero attached hydrogens (tertiary/aromatic N) is 3. The Hall–Kier alpha value is -2.50. The number of hydrogen-bond donors (Lipinski definition) is 1. The van der Waals surface area contributed by atoms with Crippen LogP contribution in [-0.4, -0.2) is 29.0 Å². The van der Waals surface area contributed by atoms with Crippen LogP contribution in [0.5, 0.6) is 0 Å². The summed E-state index contributed by atoms with van der Waals surface area (Å²) in [5.41, 5.74) is 1.93. The summed E-state index contributed by atoms with van der Waals surface area (Å²) in [7, 11) is 0. The van der Waals surface area contributed by atoms with Gasteiger partial charge < -0.3 is 10.2 Å². The molecule has 0 saturated carbocycles. The molecule has 1 aromatic heterocycles. The monoisotopic (exact) mass is 314 g/mol. The maximum atomic E-state index is 13.2. The van der Waals surface area contributed by atoms with Crippen molar-refractivity contribution < 1.29 is 9.18 Å². The van der Waals surface area contributed by atoms with E-state index in [0.717, 1.165) is 43.3 Å². The third kappa shape index (κ3) is 3.83. The van der Waals surface area contributed by atoms with Crippen LogP contribution < -0.4 is 10.2 Å². The lowest BCUT2D eigenvalue weighted by Gasteiger charge is -2.16. The molecule has 0 unspecified atom stereocenters. The zero-order chi connectivity index (χ0) is 16.2. The van der Waals surface area contributed by atoms with Gasteiger partial charge in [-0.3, -0.25) is 4.79 Å². The van der Waals surface area contributed by atoms with Crippen LogP contribution in [0, 0.1) is 12.7 Å². The molecule has 0 atom stereocenters. The van der Waals surface area contributed by atoms with Crippen molar-refractivity contribution in [3.63, 3.8) is 0 Å². The first kappa shape index (κ1) is 15.4. The van der Waals surface area contributed by atoms with Crippen LogP contribution in [0.1, 0.15) is 34.6 Å². The van der Waals surface area contributed by atoms with Crippen molar-refractivity contribution in [1.82, 2.24) is 15.3 Å². The Morgan fingerprint density at radius 3 is 2.78 bits per heavy atom. The summed E-state index contributed by atoms with van der Waals surface area (Å²) in [6.07, 6.45) is 2.31. The van der Waals surface area contributed by atoms with Crippen LogP contribution in [-0.2, 0) is 6.54 Å². The fraction of sp³-hybridized carbons (Fsp3) is 0.353. The molecule has 0 spiro atoms. The van der Waals surface area contributed by atoms with Crippen LogP contribution in [0.4, 0.5) is 10.3 Å². The zero-order valence-corrected chi connectivity index (χ0v) is 13.1. The van der Waals surface area contributed by atoms with E-state index in [1.807, 2.05) is 13.0 Å². The van der Waals surface area contributed by atoms with Crippen LogP contribution >= 0.6 is 0 Å². The smallest absolute Gasteiger partial charge is 0.251 e. The van der Waals surface area contributed by atoms with Gasteiger partial charge in [0, 0.05) is 24.3 Å². The van der Waals surface area contributed by atoms with Gasteiger partial charge in [0.1, 0.15) is 5.82 Å². The number of nitrogens with one attached hydrogen (secondary N) is 1. The first-order valence-electron chi connectivity index (χ1n) is 7.75. The Morgan fingerprint density at radius 1 is 1.26 bits per heavy atom. The summed E-state index contributed by atoms with van der Waals surface area (Å²) in [5, 5.41) is 2.77. The molecule has 1 aliphatic rings. The average molecular weight is 314 g/mol. The predicted octanol–water partition coefficient (Wildman–Crippen LogP) is 2.45. The number of amides is 1. The fourth-order valence-electron chi connectivity index (χ4n) is 2.67. The van der Waals surface area contributed by atoms with Crippen molar-refractivity contribution in [2.75, 3.05) is 18.0 Å². The second-order valence-corrected chi connectivity index (χ2v) is 5.69. The van der Waals surface area contributed by atoms with Crippen molar-refractivity contribution in [2.45, 2.75) is 26.3 Å². The molecular formula is C17H19FN4O.